The molecule has 0 fully saturated rings. The molecule has 1 aromatic carbocycles. The third-order valence-electron chi connectivity index (χ3n) is 2.22. The van der Waals surface area contributed by atoms with Crippen molar-refractivity contribution >= 4 is 22.9 Å². The second-order valence-corrected chi connectivity index (χ2v) is 4.66. The number of aliphatic hydroxyl groups is 1. The van der Waals surface area contributed by atoms with E-state index in [4.69, 9.17) is 11.6 Å². The quantitative estimate of drug-likeness (QED) is 0.916. The Balaban J connectivity index is 2.18. The van der Waals surface area contributed by atoms with Crippen LogP contribution in [0.4, 0.5) is 4.39 Å². The summed E-state index contributed by atoms with van der Waals surface area (Å²) < 4.78 is 13.5. The molecule has 0 saturated carbocycles. The van der Waals surface area contributed by atoms with E-state index in [9.17, 15) is 9.50 Å². The molecule has 16 heavy (non-hydrogen) atoms. The minimum Gasteiger partial charge on any atom is -0.387 e. The lowest BCUT2D eigenvalue weighted by molar-refractivity contribution is 0.180. The van der Waals surface area contributed by atoms with Gasteiger partial charge in [-0.05, 0) is 11.6 Å². The highest BCUT2D eigenvalue weighted by atomic mass is 35.5. The van der Waals surface area contributed by atoms with Gasteiger partial charge in [-0.25, -0.2) is 4.39 Å². The van der Waals surface area contributed by atoms with E-state index in [2.05, 4.69) is 4.98 Å². The first-order valence-corrected chi connectivity index (χ1v) is 5.93. The van der Waals surface area contributed by atoms with Crippen LogP contribution in [-0.2, 0) is 6.42 Å². The molecule has 1 aromatic heterocycles. The number of halogens is 2. The van der Waals surface area contributed by atoms with Crippen molar-refractivity contribution in [1.82, 2.24) is 4.98 Å². The maximum absolute atomic E-state index is 13.5. The highest BCUT2D eigenvalue weighted by Crippen LogP contribution is 2.25. The second-order valence-electron chi connectivity index (χ2n) is 3.34. The SMILES string of the molecule is OC(Cc1cccc(Cl)c1F)c1cncs1. The molecule has 1 atom stereocenters. The van der Waals surface area contributed by atoms with Gasteiger partial charge in [-0.2, -0.15) is 0 Å². The number of aromatic nitrogens is 1. The monoisotopic (exact) mass is 257 g/mol. The van der Waals surface area contributed by atoms with Gasteiger partial charge in [0.25, 0.3) is 0 Å². The summed E-state index contributed by atoms with van der Waals surface area (Å²) in [5.41, 5.74) is 2.04. The standard InChI is InChI=1S/C11H9ClFNOS/c12-8-3-1-2-7(11(8)13)4-9(15)10-5-14-6-16-10/h1-3,5-6,9,15H,4H2. The normalized spacial score (nSPS) is 12.7. The van der Waals surface area contributed by atoms with E-state index in [0.717, 1.165) is 4.88 Å². The zero-order valence-electron chi connectivity index (χ0n) is 8.23. The van der Waals surface area contributed by atoms with E-state index in [1.54, 1.807) is 23.8 Å². The maximum Gasteiger partial charge on any atom is 0.145 e. The first-order chi connectivity index (χ1) is 7.68. The number of thiazole rings is 1. The molecule has 0 bridgehead atoms. The number of hydrogen-bond acceptors (Lipinski definition) is 3. The van der Waals surface area contributed by atoms with Crippen molar-refractivity contribution in [2.45, 2.75) is 12.5 Å². The fourth-order valence-corrected chi connectivity index (χ4v) is 2.20. The average molecular weight is 258 g/mol. The lowest BCUT2D eigenvalue weighted by Crippen LogP contribution is -2.02. The lowest BCUT2D eigenvalue weighted by atomic mass is 10.1. The Morgan fingerprint density at radius 1 is 1.50 bits per heavy atom. The van der Waals surface area contributed by atoms with Crippen LogP contribution in [0, 0.1) is 5.82 Å². The van der Waals surface area contributed by atoms with Gasteiger partial charge in [0.15, 0.2) is 0 Å². The van der Waals surface area contributed by atoms with Crippen molar-refractivity contribution in [2.75, 3.05) is 0 Å². The Labute approximate surface area is 101 Å². The molecule has 1 N–H and O–H groups in total. The van der Waals surface area contributed by atoms with Crippen molar-refractivity contribution in [2.24, 2.45) is 0 Å². The van der Waals surface area contributed by atoms with Crippen LogP contribution in [0.3, 0.4) is 0 Å². The minimum atomic E-state index is -0.736. The Morgan fingerprint density at radius 2 is 2.31 bits per heavy atom. The first kappa shape index (κ1) is 11.5. The van der Waals surface area contributed by atoms with Gasteiger partial charge >= 0.3 is 0 Å². The van der Waals surface area contributed by atoms with Crippen molar-refractivity contribution in [1.29, 1.82) is 0 Å². The Kier molecular flexibility index (Phi) is 3.53. The fraction of sp³-hybridized carbons (Fsp3) is 0.182. The van der Waals surface area contributed by atoms with Crippen LogP contribution in [0.15, 0.2) is 29.9 Å². The summed E-state index contributed by atoms with van der Waals surface area (Å²) in [5, 5.41) is 9.92. The van der Waals surface area contributed by atoms with E-state index in [1.165, 1.54) is 17.4 Å². The van der Waals surface area contributed by atoms with E-state index < -0.39 is 11.9 Å². The molecule has 1 heterocycles. The first-order valence-electron chi connectivity index (χ1n) is 4.68. The van der Waals surface area contributed by atoms with Gasteiger partial charge in [0.05, 0.1) is 21.5 Å². The second kappa shape index (κ2) is 4.91. The highest BCUT2D eigenvalue weighted by molar-refractivity contribution is 7.09. The van der Waals surface area contributed by atoms with Gasteiger partial charge in [-0.3, -0.25) is 4.98 Å². The summed E-state index contributed by atoms with van der Waals surface area (Å²) in [7, 11) is 0. The molecule has 2 rings (SSSR count). The van der Waals surface area contributed by atoms with Crippen LogP contribution in [0.5, 0.6) is 0 Å². The Hall–Kier alpha value is -0.970. The molecule has 5 heteroatoms. The highest BCUT2D eigenvalue weighted by Gasteiger charge is 2.14. The zero-order valence-corrected chi connectivity index (χ0v) is 9.80. The predicted molar refractivity (Wildman–Crippen MR) is 62.2 cm³/mol. The summed E-state index contributed by atoms with van der Waals surface area (Å²) in [6.07, 6.45) is 1.05. The topological polar surface area (TPSA) is 33.1 Å². The van der Waals surface area contributed by atoms with Crippen molar-refractivity contribution in [3.63, 3.8) is 0 Å². The fourth-order valence-electron chi connectivity index (χ4n) is 1.41. The van der Waals surface area contributed by atoms with E-state index in [-0.39, 0.29) is 11.4 Å². The van der Waals surface area contributed by atoms with E-state index in [0.29, 0.717) is 5.56 Å². The van der Waals surface area contributed by atoms with Gasteiger partial charge in [-0.15, -0.1) is 11.3 Å². The molecule has 0 radical (unpaired) electrons. The van der Waals surface area contributed by atoms with Crippen molar-refractivity contribution in [3.8, 4) is 0 Å². The van der Waals surface area contributed by atoms with Gasteiger partial charge in [0, 0.05) is 12.6 Å². The molecule has 2 aromatic rings. The van der Waals surface area contributed by atoms with Crippen LogP contribution in [-0.4, -0.2) is 10.1 Å². The van der Waals surface area contributed by atoms with Crippen LogP contribution in [0.2, 0.25) is 5.02 Å². The molecular formula is C11H9ClFNOS. The van der Waals surface area contributed by atoms with Crippen molar-refractivity contribution < 1.29 is 9.50 Å². The van der Waals surface area contributed by atoms with Crippen LogP contribution in [0.1, 0.15) is 16.5 Å². The summed E-state index contributed by atoms with van der Waals surface area (Å²) in [6.45, 7) is 0. The summed E-state index contributed by atoms with van der Waals surface area (Å²) in [6, 6.07) is 4.77. The van der Waals surface area contributed by atoms with E-state index >= 15 is 0 Å². The number of rotatable bonds is 3. The summed E-state index contributed by atoms with van der Waals surface area (Å²) >= 11 is 7.00. The molecule has 0 aliphatic rings. The van der Waals surface area contributed by atoms with Gasteiger partial charge in [0.1, 0.15) is 5.82 Å². The van der Waals surface area contributed by atoms with Crippen molar-refractivity contribution in [3.05, 3.63) is 51.2 Å². The van der Waals surface area contributed by atoms with Crippen LogP contribution >= 0.6 is 22.9 Å². The molecular weight excluding hydrogens is 249 g/mol. The molecule has 0 spiro atoms. The van der Waals surface area contributed by atoms with Gasteiger partial charge < -0.3 is 5.11 Å². The van der Waals surface area contributed by atoms with E-state index in [1.807, 2.05) is 0 Å². The predicted octanol–water partition coefficient (Wildman–Crippen LogP) is 3.21. The Bertz CT molecular complexity index is 475. The number of aliphatic hydroxyl groups excluding tert-OH is 1. The molecule has 0 saturated heterocycles. The average Bonchev–Trinajstić information content (AvgIpc) is 2.78. The lowest BCUT2D eigenvalue weighted by Gasteiger charge is -2.09. The summed E-state index contributed by atoms with van der Waals surface area (Å²) in [4.78, 5) is 4.59. The smallest absolute Gasteiger partial charge is 0.145 e. The molecule has 0 aliphatic carbocycles. The minimum absolute atomic E-state index is 0.0778. The molecule has 2 nitrogen and oxygen atoms in total. The number of nitrogens with zero attached hydrogens (tertiary/aromatic N) is 1. The largest absolute Gasteiger partial charge is 0.387 e. The molecule has 84 valence electrons. The third kappa shape index (κ3) is 2.40. The Morgan fingerprint density at radius 3 is 3.00 bits per heavy atom. The third-order valence-corrected chi connectivity index (χ3v) is 3.39. The maximum atomic E-state index is 13.5. The van der Waals surface area contributed by atoms with Crippen LogP contribution in [0.25, 0.3) is 0 Å². The number of hydrogen-bond donors (Lipinski definition) is 1. The number of benzene rings is 1. The molecule has 0 amide bonds. The molecule has 1 unspecified atom stereocenters. The van der Waals surface area contributed by atoms with Gasteiger partial charge in [-0.1, -0.05) is 23.7 Å². The molecule has 0 aliphatic heterocycles. The summed E-state index contributed by atoms with van der Waals surface area (Å²) in [5.74, 6) is -0.465. The van der Waals surface area contributed by atoms with Crippen LogP contribution < -0.4 is 0 Å². The zero-order chi connectivity index (χ0) is 11.5. The van der Waals surface area contributed by atoms with Gasteiger partial charge in [0.2, 0.25) is 0 Å².